The summed E-state index contributed by atoms with van der Waals surface area (Å²) in [5.74, 6) is 3.02. The van der Waals surface area contributed by atoms with Crippen molar-refractivity contribution in [3.63, 3.8) is 0 Å². The first-order valence-corrected chi connectivity index (χ1v) is 7.98. The van der Waals surface area contributed by atoms with Crippen LogP contribution in [0.3, 0.4) is 0 Å². The maximum Gasteiger partial charge on any atom is 0.137 e. The zero-order valence-electron chi connectivity index (χ0n) is 13.6. The lowest BCUT2D eigenvalue weighted by Gasteiger charge is -2.22. The van der Waals surface area contributed by atoms with Crippen LogP contribution in [0.25, 0.3) is 0 Å². The van der Waals surface area contributed by atoms with Crippen molar-refractivity contribution in [2.45, 2.75) is 40.2 Å². The summed E-state index contributed by atoms with van der Waals surface area (Å²) in [5.41, 5.74) is 2.14. The van der Waals surface area contributed by atoms with Crippen LogP contribution in [0.1, 0.15) is 41.9 Å². The molecule has 2 aromatic heterocycles. The van der Waals surface area contributed by atoms with Crippen molar-refractivity contribution in [1.82, 2.24) is 15.0 Å². The first kappa shape index (κ1) is 15.7. The summed E-state index contributed by atoms with van der Waals surface area (Å²) in [6.45, 7) is 9.05. The Kier molecular flexibility index (Phi) is 4.77. The molecule has 0 aromatic carbocycles. The average Bonchev–Trinajstić information content (AvgIpc) is 2.83. The molecule has 0 saturated heterocycles. The van der Waals surface area contributed by atoms with Crippen molar-refractivity contribution < 1.29 is 0 Å². The molecule has 2 rings (SSSR count). The Morgan fingerprint density at radius 1 is 1.24 bits per heavy atom. The van der Waals surface area contributed by atoms with E-state index in [4.69, 9.17) is 4.98 Å². The minimum Gasteiger partial charge on any atom is -0.373 e. The molecule has 0 amide bonds. The fraction of sp³-hybridized carbons (Fsp3) is 0.533. The van der Waals surface area contributed by atoms with Gasteiger partial charge in [-0.3, -0.25) is 0 Å². The Balaban J connectivity index is 2.34. The van der Waals surface area contributed by atoms with Crippen molar-refractivity contribution in [3.8, 4) is 0 Å². The van der Waals surface area contributed by atoms with Gasteiger partial charge in [0, 0.05) is 31.0 Å². The number of rotatable bonds is 5. The molecule has 21 heavy (non-hydrogen) atoms. The van der Waals surface area contributed by atoms with Crippen LogP contribution in [0.4, 0.5) is 11.6 Å². The lowest BCUT2D eigenvalue weighted by atomic mass is 10.2. The topological polar surface area (TPSA) is 53.9 Å². The van der Waals surface area contributed by atoms with E-state index in [1.807, 2.05) is 27.9 Å². The van der Waals surface area contributed by atoms with Crippen LogP contribution in [-0.2, 0) is 6.54 Å². The summed E-state index contributed by atoms with van der Waals surface area (Å²) in [6.07, 6.45) is 0. The van der Waals surface area contributed by atoms with Crippen molar-refractivity contribution >= 4 is 23.0 Å². The van der Waals surface area contributed by atoms with Gasteiger partial charge in [-0.05, 0) is 13.8 Å². The molecule has 114 valence electrons. The Morgan fingerprint density at radius 3 is 2.48 bits per heavy atom. The van der Waals surface area contributed by atoms with Crippen LogP contribution in [0.5, 0.6) is 0 Å². The van der Waals surface area contributed by atoms with E-state index in [9.17, 15) is 0 Å². The highest BCUT2D eigenvalue weighted by atomic mass is 32.1. The van der Waals surface area contributed by atoms with Gasteiger partial charge in [0.05, 0.1) is 17.2 Å². The SMILES string of the molecule is CNc1nc(C(C)C)nc(N(C)Cc2csc(C)n2)c1C. The molecule has 0 spiro atoms. The molecule has 0 aliphatic heterocycles. The predicted octanol–water partition coefficient (Wildman–Crippen LogP) is 3.35. The monoisotopic (exact) mass is 305 g/mol. The summed E-state index contributed by atoms with van der Waals surface area (Å²) in [4.78, 5) is 16.0. The Morgan fingerprint density at radius 2 is 1.95 bits per heavy atom. The van der Waals surface area contributed by atoms with Crippen LogP contribution in [0, 0.1) is 13.8 Å². The largest absolute Gasteiger partial charge is 0.373 e. The van der Waals surface area contributed by atoms with Gasteiger partial charge in [-0.15, -0.1) is 11.3 Å². The molecule has 0 atom stereocenters. The van der Waals surface area contributed by atoms with Crippen LogP contribution in [-0.4, -0.2) is 29.0 Å². The molecule has 2 heterocycles. The number of aryl methyl sites for hydroxylation is 1. The van der Waals surface area contributed by atoms with Gasteiger partial charge in [0.1, 0.15) is 17.5 Å². The van der Waals surface area contributed by atoms with E-state index < -0.39 is 0 Å². The maximum atomic E-state index is 4.73. The summed E-state index contributed by atoms with van der Waals surface area (Å²) in [5, 5.41) is 6.36. The molecule has 0 unspecified atom stereocenters. The van der Waals surface area contributed by atoms with E-state index >= 15 is 0 Å². The number of nitrogens with zero attached hydrogens (tertiary/aromatic N) is 4. The average molecular weight is 305 g/mol. The molecule has 0 fully saturated rings. The van der Waals surface area contributed by atoms with Gasteiger partial charge in [0.2, 0.25) is 0 Å². The van der Waals surface area contributed by atoms with Crippen molar-refractivity contribution in [3.05, 3.63) is 27.5 Å². The normalized spacial score (nSPS) is 11.0. The van der Waals surface area contributed by atoms with Crippen LogP contribution < -0.4 is 10.2 Å². The first-order valence-electron chi connectivity index (χ1n) is 7.10. The van der Waals surface area contributed by atoms with Crippen molar-refractivity contribution in [1.29, 1.82) is 0 Å². The fourth-order valence-electron chi connectivity index (χ4n) is 2.19. The summed E-state index contributed by atoms with van der Waals surface area (Å²) >= 11 is 1.68. The standard InChI is InChI=1S/C15H23N5S/c1-9(2)13-18-14(16-5)10(3)15(19-13)20(6)7-12-8-21-11(4)17-12/h8-9H,7H2,1-6H3,(H,16,18,19). The van der Waals surface area contributed by atoms with Gasteiger partial charge >= 0.3 is 0 Å². The molecule has 0 saturated carbocycles. The lowest BCUT2D eigenvalue weighted by Crippen LogP contribution is -2.21. The van der Waals surface area contributed by atoms with Crippen molar-refractivity contribution in [2.24, 2.45) is 0 Å². The summed E-state index contributed by atoms with van der Waals surface area (Å²) in [6, 6.07) is 0. The molecule has 0 bridgehead atoms. The zero-order valence-corrected chi connectivity index (χ0v) is 14.4. The Bertz CT molecular complexity index is 621. The second-order valence-corrected chi connectivity index (χ2v) is 6.56. The van der Waals surface area contributed by atoms with E-state index in [1.165, 1.54) is 0 Å². The molecule has 6 heteroatoms. The number of hydrogen-bond acceptors (Lipinski definition) is 6. The van der Waals surface area contributed by atoms with E-state index in [-0.39, 0.29) is 0 Å². The Hall–Kier alpha value is -1.69. The number of aromatic nitrogens is 3. The molecular weight excluding hydrogens is 282 g/mol. The fourth-order valence-corrected chi connectivity index (χ4v) is 2.80. The number of thiazole rings is 1. The van der Waals surface area contributed by atoms with Gasteiger partial charge < -0.3 is 10.2 Å². The highest BCUT2D eigenvalue weighted by molar-refractivity contribution is 7.09. The minimum atomic E-state index is 0.298. The van der Waals surface area contributed by atoms with E-state index in [1.54, 1.807) is 11.3 Å². The highest BCUT2D eigenvalue weighted by Gasteiger charge is 2.16. The van der Waals surface area contributed by atoms with Gasteiger partial charge in [-0.2, -0.15) is 0 Å². The maximum absolute atomic E-state index is 4.73. The van der Waals surface area contributed by atoms with Gasteiger partial charge in [-0.25, -0.2) is 15.0 Å². The Labute approximate surface area is 130 Å². The zero-order chi connectivity index (χ0) is 15.6. The molecule has 5 nitrogen and oxygen atoms in total. The van der Waals surface area contributed by atoms with Crippen molar-refractivity contribution in [2.75, 3.05) is 24.3 Å². The summed E-state index contributed by atoms with van der Waals surface area (Å²) in [7, 11) is 3.95. The smallest absolute Gasteiger partial charge is 0.137 e. The third-order valence-electron chi connectivity index (χ3n) is 3.32. The highest BCUT2D eigenvalue weighted by Crippen LogP contribution is 2.26. The molecule has 2 aromatic rings. The quantitative estimate of drug-likeness (QED) is 0.918. The second kappa shape index (κ2) is 6.39. The van der Waals surface area contributed by atoms with Crippen LogP contribution in [0.15, 0.2) is 5.38 Å². The van der Waals surface area contributed by atoms with Gasteiger partial charge in [0.25, 0.3) is 0 Å². The molecule has 0 radical (unpaired) electrons. The van der Waals surface area contributed by atoms with Crippen LogP contribution >= 0.6 is 11.3 Å². The first-order chi connectivity index (χ1) is 9.92. The molecule has 0 aliphatic rings. The van der Waals surface area contributed by atoms with Crippen LogP contribution in [0.2, 0.25) is 0 Å². The number of nitrogens with one attached hydrogen (secondary N) is 1. The second-order valence-electron chi connectivity index (χ2n) is 5.50. The predicted molar refractivity (Wildman–Crippen MR) is 89.4 cm³/mol. The summed E-state index contributed by atoms with van der Waals surface area (Å²) < 4.78 is 0. The number of anilines is 2. The third kappa shape index (κ3) is 3.50. The minimum absolute atomic E-state index is 0.298. The lowest BCUT2D eigenvalue weighted by molar-refractivity contribution is 0.758. The molecular formula is C15H23N5S. The third-order valence-corrected chi connectivity index (χ3v) is 4.14. The van der Waals surface area contributed by atoms with E-state index in [0.717, 1.165) is 40.3 Å². The van der Waals surface area contributed by atoms with E-state index in [2.05, 4.69) is 39.4 Å². The molecule has 1 N–H and O–H groups in total. The molecule has 0 aliphatic carbocycles. The number of hydrogen-bond donors (Lipinski definition) is 1. The van der Waals surface area contributed by atoms with Gasteiger partial charge in [-0.1, -0.05) is 13.8 Å². The van der Waals surface area contributed by atoms with E-state index in [0.29, 0.717) is 5.92 Å². The van der Waals surface area contributed by atoms with Gasteiger partial charge in [0.15, 0.2) is 0 Å².